The molecule has 0 unspecified atom stereocenters. The van der Waals surface area contributed by atoms with Crippen molar-refractivity contribution in [2.24, 2.45) is 5.41 Å². The average molecular weight is 229 g/mol. The number of methoxy groups -OCH3 is 1. The molecule has 0 saturated carbocycles. The maximum absolute atomic E-state index is 5.41. The van der Waals surface area contributed by atoms with Gasteiger partial charge in [0.1, 0.15) is 0 Å². The predicted molar refractivity (Wildman–Crippen MR) is 66.7 cm³/mol. The molecule has 16 heavy (non-hydrogen) atoms. The molecule has 1 saturated heterocycles. The monoisotopic (exact) mass is 229 g/mol. The smallest absolute Gasteiger partial charge is 0.0594 e. The van der Waals surface area contributed by atoms with E-state index in [1.807, 2.05) is 0 Å². The fourth-order valence-electron chi connectivity index (χ4n) is 2.89. The van der Waals surface area contributed by atoms with Crippen molar-refractivity contribution in [1.82, 2.24) is 4.90 Å². The van der Waals surface area contributed by atoms with Crippen LogP contribution in [0.2, 0.25) is 0 Å². The van der Waals surface area contributed by atoms with Crippen molar-refractivity contribution in [3.8, 4) is 0 Å². The van der Waals surface area contributed by atoms with Gasteiger partial charge in [-0.25, -0.2) is 0 Å². The van der Waals surface area contributed by atoms with E-state index in [-0.39, 0.29) is 11.0 Å². The minimum absolute atomic E-state index is 0.228. The van der Waals surface area contributed by atoms with Crippen LogP contribution in [0.1, 0.15) is 34.1 Å². The summed E-state index contributed by atoms with van der Waals surface area (Å²) >= 11 is 0. The standard InChI is InChI=1S/C13H27NO2/c1-12(2,11-15-5)10-13(3,4)14-6-8-16-9-7-14/h6-11H2,1-5H3. The molecule has 0 aromatic rings. The Morgan fingerprint density at radius 1 is 1.12 bits per heavy atom. The van der Waals surface area contributed by atoms with Crippen LogP contribution in [0.4, 0.5) is 0 Å². The average Bonchev–Trinajstić information content (AvgIpc) is 2.17. The number of ether oxygens (including phenoxy) is 2. The van der Waals surface area contributed by atoms with Gasteiger partial charge in [-0.15, -0.1) is 0 Å². The lowest BCUT2D eigenvalue weighted by molar-refractivity contribution is -0.0330. The molecule has 0 aliphatic carbocycles. The molecule has 0 bridgehead atoms. The summed E-state index contributed by atoms with van der Waals surface area (Å²) in [6, 6.07) is 0. The van der Waals surface area contributed by atoms with Crippen LogP contribution in [-0.4, -0.2) is 50.5 Å². The molecule has 1 heterocycles. The quantitative estimate of drug-likeness (QED) is 0.721. The Labute approximate surface area is 100 Å². The van der Waals surface area contributed by atoms with Gasteiger partial charge in [0, 0.05) is 25.7 Å². The summed E-state index contributed by atoms with van der Waals surface area (Å²) in [7, 11) is 1.78. The molecule has 0 N–H and O–H groups in total. The maximum Gasteiger partial charge on any atom is 0.0594 e. The zero-order chi connectivity index (χ0) is 12.2. The van der Waals surface area contributed by atoms with Gasteiger partial charge in [-0.3, -0.25) is 4.90 Å². The third-order valence-electron chi connectivity index (χ3n) is 3.31. The second-order valence-electron chi connectivity index (χ2n) is 6.19. The van der Waals surface area contributed by atoms with Crippen LogP contribution >= 0.6 is 0 Å². The number of hydrogen-bond donors (Lipinski definition) is 0. The van der Waals surface area contributed by atoms with E-state index in [4.69, 9.17) is 9.47 Å². The van der Waals surface area contributed by atoms with Crippen molar-refractivity contribution in [3.63, 3.8) is 0 Å². The van der Waals surface area contributed by atoms with Gasteiger partial charge in [0.2, 0.25) is 0 Å². The highest BCUT2D eigenvalue weighted by Gasteiger charge is 2.34. The molecule has 0 atom stereocenters. The van der Waals surface area contributed by atoms with Gasteiger partial charge in [0.25, 0.3) is 0 Å². The van der Waals surface area contributed by atoms with Gasteiger partial charge in [-0.1, -0.05) is 13.8 Å². The van der Waals surface area contributed by atoms with Crippen LogP contribution in [-0.2, 0) is 9.47 Å². The van der Waals surface area contributed by atoms with Gasteiger partial charge in [-0.2, -0.15) is 0 Å². The minimum atomic E-state index is 0.228. The third-order valence-corrected chi connectivity index (χ3v) is 3.31. The molecule has 1 rings (SSSR count). The molecule has 0 radical (unpaired) electrons. The number of hydrogen-bond acceptors (Lipinski definition) is 3. The van der Waals surface area contributed by atoms with E-state index in [2.05, 4.69) is 32.6 Å². The molecule has 0 amide bonds. The third kappa shape index (κ3) is 4.04. The summed E-state index contributed by atoms with van der Waals surface area (Å²) in [5.41, 5.74) is 0.461. The van der Waals surface area contributed by atoms with Gasteiger partial charge in [0.05, 0.1) is 19.8 Å². The van der Waals surface area contributed by atoms with Crippen molar-refractivity contribution < 1.29 is 9.47 Å². The molecule has 3 heteroatoms. The van der Waals surface area contributed by atoms with Crippen molar-refractivity contribution in [1.29, 1.82) is 0 Å². The van der Waals surface area contributed by atoms with E-state index in [0.717, 1.165) is 39.3 Å². The molecule has 96 valence electrons. The molecule has 0 aromatic carbocycles. The summed E-state index contributed by atoms with van der Waals surface area (Å²) in [6.07, 6.45) is 1.15. The van der Waals surface area contributed by atoms with Gasteiger partial charge >= 0.3 is 0 Å². The predicted octanol–water partition coefficient (Wildman–Crippen LogP) is 2.16. The first-order valence-electron chi connectivity index (χ1n) is 6.19. The molecule has 1 aliphatic rings. The SMILES string of the molecule is COCC(C)(C)CC(C)(C)N1CCOCC1. The summed E-state index contributed by atoms with van der Waals surface area (Å²) in [6.45, 7) is 13.9. The fourth-order valence-corrected chi connectivity index (χ4v) is 2.89. The lowest BCUT2D eigenvalue weighted by Gasteiger charge is -2.44. The Balaban J connectivity index is 2.54. The molecule has 0 aromatic heterocycles. The number of rotatable bonds is 5. The molecular weight excluding hydrogens is 202 g/mol. The van der Waals surface area contributed by atoms with E-state index >= 15 is 0 Å². The molecule has 3 nitrogen and oxygen atoms in total. The normalized spacial score (nSPS) is 20.1. The van der Waals surface area contributed by atoms with Crippen LogP contribution < -0.4 is 0 Å². The van der Waals surface area contributed by atoms with E-state index in [0.29, 0.717) is 0 Å². The number of morpholine rings is 1. The molecule has 1 aliphatic heterocycles. The maximum atomic E-state index is 5.41. The van der Waals surface area contributed by atoms with Gasteiger partial charge < -0.3 is 9.47 Å². The Bertz CT molecular complexity index is 208. The highest BCUT2D eigenvalue weighted by atomic mass is 16.5. The first-order valence-corrected chi connectivity index (χ1v) is 6.19. The Morgan fingerprint density at radius 2 is 1.69 bits per heavy atom. The van der Waals surface area contributed by atoms with E-state index in [9.17, 15) is 0 Å². The van der Waals surface area contributed by atoms with Crippen molar-refractivity contribution in [2.75, 3.05) is 40.0 Å². The van der Waals surface area contributed by atoms with Gasteiger partial charge in [-0.05, 0) is 25.7 Å². The minimum Gasteiger partial charge on any atom is -0.384 e. The molecular formula is C13H27NO2. The van der Waals surface area contributed by atoms with Gasteiger partial charge in [0.15, 0.2) is 0 Å². The summed E-state index contributed by atoms with van der Waals surface area (Å²) < 4.78 is 10.7. The lowest BCUT2D eigenvalue weighted by Crippen LogP contribution is -2.52. The van der Waals surface area contributed by atoms with Crippen LogP contribution in [0, 0.1) is 5.41 Å². The van der Waals surface area contributed by atoms with Crippen molar-refractivity contribution in [2.45, 2.75) is 39.7 Å². The van der Waals surface area contributed by atoms with Crippen LogP contribution in [0.25, 0.3) is 0 Å². The second kappa shape index (κ2) is 5.48. The highest BCUT2D eigenvalue weighted by Crippen LogP contribution is 2.32. The summed E-state index contributed by atoms with van der Waals surface area (Å²) in [5.74, 6) is 0. The van der Waals surface area contributed by atoms with E-state index in [1.165, 1.54) is 0 Å². The number of nitrogens with zero attached hydrogens (tertiary/aromatic N) is 1. The molecule has 1 fully saturated rings. The van der Waals surface area contributed by atoms with Crippen LogP contribution in [0.3, 0.4) is 0 Å². The summed E-state index contributed by atoms with van der Waals surface area (Å²) in [5, 5.41) is 0. The first-order chi connectivity index (χ1) is 7.37. The molecule has 0 spiro atoms. The zero-order valence-corrected chi connectivity index (χ0v) is 11.5. The first kappa shape index (κ1) is 13.9. The Kier molecular flexibility index (Phi) is 4.77. The second-order valence-corrected chi connectivity index (χ2v) is 6.19. The van der Waals surface area contributed by atoms with Crippen molar-refractivity contribution in [3.05, 3.63) is 0 Å². The van der Waals surface area contributed by atoms with Crippen molar-refractivity contribution >= 4 is 0 Å². The zero-order valence-electron chi connectivity index (χ0n) is 11.5. The van der Waals surface area contributed by atoms with E-state index in [1.54, 1.807) is 7.11 Å². The van der Waals surface area contributed by atoms with Crippen LogP contribution in [0.15, 0.2) is 0 Å². The topological polar surface area (TPSA) is 21.7 Å². The highest BCUT2D eigenvalue weighted by molar-refractivity contribution is 4.88. The fraction of sp³-hybridized carbons (Fsp3) is 1.00. The largest absolute Gasteiger partial charge is 0.384 e. The van der Waals surface area contributed by atoms with Crippen LogP contribution in [0.5, 0.6) is 0 Å². The van der Waals surface area contributed by atoms with E-state index < -0.39 is 0 Å². The lowest BCUT2D eigenvalue weighted by atomic mass is 9.79. The Morgan fingerprint density at radius 3 is 2.19 bits per heavy atom. The summed E-state index contributed by atoms with van der Waals surface area (Å²) in [4.78, 5) is 2.54. The Hall–Kier alpha value is -0.120.